The largest absolute Gasteiger partial charge is 0.309 e. The van der Waals surface area contributed by atoms with Gasteiger partial charge in [0.15, 0.2) is 17.5 Å². The Bertz CT molecular complexity index is 3260. The van der Waals surface area contributed by atoms with E-state index in [0.29, 0.717) is 17.5 Å². The number of hydrogen-bond donors (Lipinski definition) is 0. The van der Waals surface area contributed by atoms with Crippen LogP contribution in [0.5, 0.6) is 0 Å². The molecule has 0 amide bonds. The first-order chi connectivity index (χ1) is 27.3. The van der Waals surface area contributed by atoms with Crippen LogP contribution in [0.4, 0.5) is 0 Å². The van der Waals surface area contributed by atoms with Crippen LogP contribution in [0.25, 0.3) is 105 Å². The van der Waals surface area contributed by atoms with Crippen molar-refractivity contribution in [3.63, 3.8) is 0 Å². The van der Waals surface area contributed by atoms with E-state index < -0.39 is 0 Å². The van der Waals surface area contributed by atoms with Crippen LogP contribution in [0.15, 0.2) is 194 Å². The Morgan fingerprint density at radius 3 is 1.69 bits per heavy atom. The predicted molar refractivity (Wildman–Crippen MR) is 228 cm³/mol. The van der Waals surface area contributed by atoms with E-state index in [1.165, 1.54) is 32.4 Å². The summed E-state index contributed by atoms with van der Waals surface area (Å²) in [7, 11) is 0. The molecule has 4 heteroatoms. The summed E-state index contributed by atoms with van der Waals surface area (Å²) in [5.41, 5.74) is 8.52. The van der Waals surface area contributed by atoms with Gasteiger partial charge in [-0.15, -0.1) is 0 Å². The van der Waals surface area contributed by atoms with Gasteiger partial charge in [0.05, 0.1) is 16.7 Å². The summed E-state index contributed by atoms with van der Waals surface area (Å²) in [5, 5.41) is 9.43. The van der Waals surface area contributed by atoms with Gasteiger partial charge in [0.2, 0.25) is 0 Å². The highest BCUT2D eigenvalue weighted by molar-refractivity contribution is 6.16. The number of fused-ring (bicyclic) bond motifs is 6. The second-order valence-corrected chi connectivity index (χ2v) is 14.0. The summed E-state index contributed by atoms with van der Waals surface area (Å²) in [6, 6.07) is 68.8. The zero-order chi connectivity index (χ0) is 36.3. The molecule has 11 rings (SSSR count). The number of hydrogen-bond acceptors (Lipinski definition) is 3. The first kappa shape index (κ1) is 31.1. The van der Waals surface area contributed by atoms with Crippen molar-refractivity contribution in [1.82, 2.24) is 19.5 Å². The number of aromatic nitrogens is 4. The lowest BCUT2D eigenvalue weighted by atomic mass is 9.93. The Kier molecular flexibility index (Phi) is 7.14. The Morgan fingerprint density at radius 1 is 0.309 bits per heavy atom. The summed E-state index contributed by atoms with van der Waals surface area (Å²) in [5.74, 6) is 1.90. The van der Waals surface area contributed by atoms with Crippen molar-refractivity contribution in [2.45, 2.75) is 0 Å². The first-order valence-electron chi connectivity index (χ1n) is 18.6. The van der Waals surface area contributed by atoms with Crippen molar-refractivity contribution >= 4 is 54.1 Å². The molecule has 0 atom stereocenters. The third-order valence-corrected chi connectivity index (χ3v) is 10.8. The van der Waals surface area contributed by atoms with Crippen molar-refractivity contribution in [3.05, 3.63) is 194 Å². The number of para-hydroxylation sites is 1. The Hall–Kier alpha value is -7.43. The number of nitrogens with zero attached hydrogens (tertiary/aromatic N) is 4. The fraction of sp³-hybridized carbons (Fsp3) is 0. The third kappa shape index (κ3) is 5.19. The van der Waals surface area contributed by atoms with Gasteiger partial charge in [0, 0.05) is 38.2 Å². The highest BCUT2D eigenvalue weighted by Crippen LogP contribution is 2.42. The van der Waals surface area contributed by atoms with Gasteiger partial charge in [0.1, 0.15) is 0 Å². The first-order valence-corrected chi connectivity index (χ1v) is 18.6. The van der Waals surface area contributed by atoms with Crippen molar-refractivity contribution in [2.24, 2.45) is 0 Å². The van der Waals surface area contributed by atoms with Gasteiger partial charge in [0.25, 0.3) is 0 Å². The molecule has 0 bridgehead atoms. The van der Waals surface area contributed by atoms with Gasteiger partial charge in [-0.05, 0) is 69.1 Å². The molecule has 55 heavy (non-hydrogen) atoms. The monoisotopic (exact) mass is 700 g/mol. The maximum Gasteiger partial charge on any atom is 0.164 e. The van der Waals surface area contributed by atoms with Gasteiger partial charge < -0.3 is 4.57 Å². The second kappa shape index (κ2) is 12.6. The molecule has 0 saturated carbocycles. The van der Waals surface area contributed by atoms with E-state index in [1.807, 2.05) is 18.2 Å². The van der Waals surface area contributed by atoms with Crippen molar-refractivity contribution in [2.75, 3.05) is 0 Å². The molecule has 0 radical (unpaired) electrons. The van der Waals surface area contributed by atoms with E-state index in [2.05, 4.69) is 180 Å². The van der Waals surface area contributed by atoms with E-state index in [-0.39, 0.29) is 0 Å². The smallest absolute Gasteiger partial charge is 0.164 e. The summed E-state index contributed by atoms with van der Waals surface area (Å²) in [6.07, 6.45) is 0. The lowest BCUT2D eigenvalue weighted by molar-refractivity contribution is 1.08. The molecule has 9 aromatic carbocycles. The van der Waals surface area contributed by atoms with Crippen molar-refractivity contribution in [1.29, 1.82) is 0 Å². The molecule has 0 aliphatic carbocycles. The molecule has 256 valence electrons. The fourth-order valence-electron chi connectivity index (χ4n) is 8.22. The average Bonchev–Trinajstić information content (AvgIpc) is 3.58. The topological polar surface area (TPSA) is 43.6 Å². The van der Waals surface area contributed by atoms with Gasteiger partial charge in [-0.1, -0.05) is 158 Å². The van der Waals surface area contributed by atoms with Crippen LogP contribution in [0.1, 0.15) is 0 Å². The Balaban J connectivity index is 1.23. The fourth-order valence-corrected chi connectivity index (χ4v) is 8.22. The molecule has 0 fully saturated rings. The Morgan fingerprint density at radius 2 is 0.909 bits per heavy atom. The van der Waals surface area contributed by atoms with E-state index in [0.717, 1.165) is 55.2 Å². The maximum atomic E-state index is 5.29. The minimum Gasteiger partial charge on any atom is -0.309 e. The zero-order valence-corrected chi connectivity index (χ0v) is 29.8. The average molecular weight is 701 g/mol. The summed E-state index contributed by atoms with van der Waals surface area (Å²) in [4.78, 5) is 15.6. The Labute approximate surface area is 317 Å². The molecular formula is C51H32N4. The van der Waals surface area contributed by atoms with Crippen LogP contribution >= 0.6 is 0 Å². The zero-order valence-electron chi connectivity index (χ0n) is 29.8. The highest BCUT2D eigenvalue weighted by atomic mass is 15.0. The number of rotatable bonds is 5. The minimum absolute atomic E-state index is 0.630. The van der Waals surface area contributed by atoms with Crippen LogP contribution in [0.3, 0.4) is 0 Å². The van der Waals surface area contributed by atoms with E-state index in [1.54, 1.807) is 0 Å². The van der Waals surface area contributed by atoms with Gasteiger partial charge >= 0.3 is 0 Å². The molecular weight excluding hydrogens is 669 g/mol. The minimum atomic E-state index is 0.630. The SMILES string of the molecule is c1ccc(-c2nc(-c3ccc4ccccc4c3)nc(-c3ccc(-n4c5ccccc5c5cc6ccccc6cc54)c4cccc(-c5ccccc5)c34)n2)cc1. The lowest BCUT2D eigenvalue weighted by Gasteiger charge is -2.18. The van der Waals surface area contributed by atoms with Crippen LogP contribution < -0.4 is 0 Å². The second-order valence-electron chi connectivity index (χ2n) is 14.0. The van der Waals surface area contributed by atoms with Crippen LogP contribution in [0.2, 0.25) is 0 Å². The molecule has 0 saturated heterocycles. The molecule has 0 aliphatic heterocycles. The quantitative estimate of drug-likeness (QED) is 0.179. The van der Waals surface area contributed by atoms with Crippen LogP contribution in [-0.2, 0) is 0 Å². The molecule has 0 aliphatic rings. The van der Waals surface area contributed by atoms with Crippen LogP contribution in [-0.4, -0.2) is 19.5 Å². The summed E-state index contributed by atoms with van der Waals surface area (Å²) in [6.45, 7) is 0. The summed E-state index contributed by atoms with van der Waals surface area (Å²) < 4.78 is 2.43. The van der Waals surface area contributed by atoms with Gasteiger partial charge in [-0.2, -0.15) is 0 Å². The molecule has 2 aromatic heterocycles. The third-order valence-electron chi connectivity index (χ3n) is 10.8. The molecule has 0 unspecified atom stereocenters. The van der Waals surface area contributed by atoms with Crippen molar-refractivity contribution in [3.8, 4) is 51.0 Å². The maximum absolute atomic E-state index is 5.29. The molecule has 0 spiro atoms. The van der Waals surface area contributed by atoms with Crippen LogP contribution in [0, 0.1) is 0 Å². The van der Waals surface area contributed by atoms with Gasteiger partial charge in [-0.25, -0.2) is 15.0 Å². The summed E-state index contributed by atoms with van der Waals surface area (Å²) >= 11 is 0. The molecule has 4 nitrogen and oxygen atoms in total. The van der Waals surface area contributed by atoms with E-state index in [4.69, 9.17) is 15.0 Å². The molecule has 0 N–H and O–H groups in total. The molecule has 2 heterocycles. The van der Waals surface area contributed by atoms with Crippen molar-refractivity contribution < 1.29 is 0 Å². The molecule has 11 aromatic rings. The standard InChI is InChI=1S/C51H32N4/c1-3-15-34(16-4-1)40-23-13-24-42-46(55-45-25-12-11-22-41(45)44-31-37-20-9-10-21-38(37)32-47(44)55)29-28-43(48(40)42)51-53-49(35-17-5-2-6-18-35)52-50(54-51)39-27-26-33-14-7-8-19-36(33)30-39/h1-32H. The number of benzene rings is 9. The normalized spacial score (nSPS) is 11.6. The van der Waals surface area contributed by atoms with E-state index >= 15 is 0 Å². The van der Waals surface area contributed by atoms with Gasteiger partial charge in [-0.3, -0.25) is 0 Å². The highest BCUT2D eigenvalue weighted by Gasteiger charge is 2.21. The van der Waals surface area contributed by atoms with E-state index in [9.17, 15) is 0 Å². The lowest BCUT2D eigenvalue weighted by Crippen LogP contribution is -2.02. The predicted octanol–water partition coefficient (Wildman–Crippen LogP) is 13.1.